The van der Waals surface area contributed by atoms with Crippen LogP contribution in [-0.4, -0.2) is 21.6 Å². The third kappa shape index (κ3) is 3.98. The van der Waals surface area contributed by atoms with Crippen molar-refractivity contribution in [3.8, 4) is 12.3 Å². The Hall–Kier alpha value is -2.56. The highest BCUT2D eigenvalue weighted by Gasteiger charge is 2.21. The predicted molar refractivity (Wildman–Crippen MR) is 116 cm³/mol. The highest BCUT2D eigenvalue weighted by atomic mass is 32.2. The van der Waals surface area contributed by atoms with Crippen LogP contribution in [0.4, 0.5) is 5.69 Å². The molecule has 5 nitrogen and oxygen atoms in total. The number of benzene rings is 1. The Morgan fingerprint density at radius 2 is 2.29 bits per heavy atom. The molecule has 0 fully saturated rings. The lowest BCUT2D eigenvalue weighted by molar-refractivity contribution is -0.115. The number of aromatic amines is 1. The summed E-state index contributed by atoms with van der Waals surface area (Å²) >= 11 is 3.22. The lowest BCUT2D eigenvalue weighted by Gasteiger charge is -2.06. The van der Waals surface area contributed by atoms with Gasteiger partial charge in [-0.05, 0) is 43.0 Å². The van der Waals surface area contributed by atoms with Crippen LogP contribution in [0.5, 0.6) is 0 Å². The number of hydrogen-bond acceptors (Lipinski definition) is 5. The van der Waals surface area contributed by atoms with Gasteiger partial charge in [-0.2, -0.15) is 11.8 Å². The number of carbonyl (C=O) groups is 1. The lowest BCUT2D eigenvalue weighted by atomic mass is 10.2. The zero-order valence-corrected chi connectivity index (χ0v) is 16.8. The third-order valence-corrected chi connectivity index (χ3v) is 6.81. The number of anilines is 1. The van der Waals surface area contributed by atoms with Crippen molar-refractivity contribution >= 4 is 44.9 Å². The summed E-state index contributed by atoms with van der Waals surface area (Å²) in [5.74, 6) is 4.38. The second kappa shape index (κ2) is 8.21. The Morgan fingerprint density at radius 3 is 3.14 bits per heavy atom. The number of amides is 1. The first-order chi connectivity index (χ1) is 13.6. The van der Waals surface area contributed by atoms with Gasteiger partial charge >= 0.3 is 0 Å². The van der Waals surface area contributed by atoms with E-state index in [9.17, 15) is 9.59 Å². The topological polar surface area (TPSA) is 74.8 Å². The molecule has 0 atom stereocenters. The van der Waals surface area contributed by atoms with E-state index in [1.165, 1.54) is 10.4 Å². The highest BCUT2D eigenvalue weighted by molar-refractivity contribution is 7.98. The van der Waals surface area contributed by atoms with Gasteiger partial charge in [-0.1, -0.05) is 12.0 Å². The smallest absolute Gasteiger partial charge is 0.259 e. The van der Waals surface area contributed by atoms with E-state index in [0.29, 0.717) is 29.4 Å². The van der Waals surface area contributed by atoms with Gasteiger partial charge in [0.25, 0.3) is 5.56 Å². The van der Waals surface area contributed by atoms with Gasteiger partial charge in [0.2, 0.25) is 5.91 Å². The van der Waals surface area contributed by atoms with Crippen molar-refractivity contribution in [1.82, 2.24) is 9.97 Å². The Bertz CT molecular complexity index is 1140. The molecule has 28 heavy (non-hydrogen) atoms. The molecule has 2 heterocycles. The molecule has 4 rings (SSSR count). The minimum Gasteiger partial charge on any atom is -0.326 e. The maximum atomic E-state index is 12.4. The Balaban J connectivity index is 1.31. The summed E-state index contributed by atoms with van der Waals surface area (Å²) in [6, 6.07) is 7.22. The Labute approximate surface area is 171 Å². The molecule has 1 aromatic carbocycles. The van der Waals surface area contributed by atoms with Crippen molar-refractivity contribution in [1.29, 1.82) is 0 Å². The number of aromatic nitrogens is 2. The average Bonchev–Trinajstić information content (AvgIpc) is 3.26. The molecule has 3 aromatic rings. The maximum absolute atomic E-state index is 12.4. The van der Waals surface area contributed by atoms with Crippen LogP contribution in [0.2, 0.25) is 0 Å². The quantitative estimate of drug-likeness (QED) is 0.481. The predicted octanol–water partition coefficient (Wildman–Crippen LogP) is 3.72. The number of hydrogen-bond donors (Lipinski definition) is 2. The molecule has 0 spiro atoms. The van der Waals surface area contributed by atoms with Gasteiger partial charge in [0.15, 0.2) is 0 Å². The Kier molecular flexibility index (Phi) is 5.51. The first kappa shape index (κ1) is 18.8. The van der Waals surface area contributed by atoms with Gasteiger partial charge in [0.05, 0.1) is 11.1 Å². The van der Waals surface area contributed by atoms with Crippen molar-refractivity contribution < 1.29 is 4.79 Å². The van der Waals surface area contributed by atoms with E-state index in [-0.39, 0.29) is 11.5 Å². The molecule has 7 heteroatoms. The number of fused-ring (bicyclic) bond motifs is 3. The fourth-order valence-electron chi connectivity index (χ4n) is 3.36. The number of thiophene rings is 1. The number of nitrogens with zero attached hydrogens (tertiary/aromatic N) is 1. The SMILES string of the molecule is C#Cc1cccc(NC(=O)CCSCc2nc3sc4c(c3c(=O)[nH]2)CCC4)c1. The zero-order valence-electron chi connectivity index (χ0n) is 15.2. The molecule has 0 bridgehead atoms. The molecule has 0 saturated heterocycles. The second-order valence-electron chi connectivity index (χ2n) is 6.63. The maximum Gasteiger partial charge on any atom is 0.259 e. The normalized spacial score (nSPS) is 12.7. The van der Waals surface area contributed by atoms with Gasteiger partial charge in [-0.15, -0.1) is 17.8 Å². The average molecular weight is 410 g/mol. The van der Waals surface area contributed by atoms with Crippen LogP contribution in [0, 0.1) is 12.3 Å². The molecule has 0 unspecified atom stereocenters. The van der Waals surface area contributed by atoms with Gasteiger partial charge in [0, 0.05) is 28.3 Å². The largest absolute Gasteiger partial charge is 0.326 e. The van der Waals surface area contributed by atoms with Crippen molar-refractivity contribution in [2.75, 3.05) is 11.1 Å². The van der Waals surface area contributed by atoms with E-state index in [0.717, 1.165) is 35.0 Å². The summed E-state index contributed by atoms with van der Waals surface area (Å²) < 4.78 is 0. The van der Waals surface area contributed by atoms with Crippen molar-refractivity contribution in [2.45, 2.75) is 31.4 Å². The molecule has 0 aliphatic heterocycles. The third-order valence-electron chi connectivity index (χ3n) is 4.65. The first-order valence-corrected chi connectivity index (χ1v) is 11.1. The van der Waals surface area contributed by atoms with Crippen LogP contribution in [0.15, 0.2) is 29.1 Å². The van der Waals surface area contributed by atoms with Crippen LogP contribution in [0.1, 0.15) is 34.7 Å². The molecule has 0 radical (unpaired) electrons. The summed E-state index contributed by atoms with van der Waals surface area (Å²) in [6.07, 6.45) is 8.91. The van der Waals surface area contributed by atoms with Crippen LogP contribution in [0.25, 0.3) is 10.2 Å². The molecule has 142 valence electrons. The second-order valence-corrected chi connectivity index (χ2v) is 8.81. The molecule has 1 amide bonds. The number of terminal acetylenes is 1. The van der Waals surface area contributed by atoms with Crippen LogP contribution in [-0.2, 0) is 23.4 Å². The van der Waals surface area contributed by atoms with Gasteiger partial charge in [0.1, 0.15) is 10.7 Å². The molecule has 2 N–H and O–H groups in total. The summed E-state index contributed by atoms with van der Waals surface area (Å²) in [5, 5.41) is 3.63. The lowest BCUT2D eigenvalue weighted by Crippen LogP contribution is -2.13. The van der Waals surface area contributed by atoms with Crippen molar-refractivity contribution in [3.05, 3.63) is 56.4 Å². The van der Waals surface area contributed by atoms with E-state index in [4.69, 9.17) is 6.42 Å². The molecule has 0 saturated carbocycles. The number of rotatable bonds is 6. The number of aryl methyl sites for hydroxylation is 2. The fraction of sp³-hybridized carbons (Fsp3) is 0.286. The van der Waals surface area contributed by atoms with E-state index >= 15 is 0 Å². The minimum atomic E-state index is -0.0618. The van der Waals surface area contributed by atoms with Gasteiger partial charge in [-0.3, -0.25) is 9.59 Å². The number of H-pyrrole nitrogens is 1. The van der Waals surface area contributed by atoms with E-state index in [1.54, 1.807) is 29.2 Å². The first-order valence-electron chi connectivity index (χ1n) is 9.12. The van der Waals surface area contributed by atoms with Crippen LogP contribution < -0.4 is 10.9 Å². The van der Waals surface area contributed by atoms with Crippen molar-refractivity contribution in [3.63, 3.8) is 0 Å². The van der Waals surface area contributed by atoms with Gasteiger partial charge < -0.3 is 10.3 Å². The monoisotopic (exact) mass is 409 g/mol. The summed E-state index contributed by atoms with van der Waals surface area (Å²) in [5.41, 5.74) is 2.59. The Morgan fingerprint density at radius 1 is 1.39 bits per heavy atom. The van der Waals surface area contributed by atoms with Crippen molar-refractivity contribution in [2.24, 2.45) is 0 Å². The summed E-state index contributed by atoms with van der Waals surface area (Å²) in [6.45, 7) is 0. The van der Waals surface area contributed by atoms with Gasteiger partial charge in [-0.25, -0.2) is 4.98 Å². The number of carbonyl (C=O) groups excluding carboxylic acids is 1. The molecular formula is C21H19N3O2S2. The van der Waals surface area contributed by atoms with Crippen LogP contribution in [0.3, 0.4) is 0 Å². The summed E-state index contributed by atoms with van der Waals surface area (Å²) in [4.78, 5) is 34.2. The van der Waals surface area contributed by atoms with E-state index in [2.05, 4.69) is 21.2 Å². The number of nitrogens with one attached hydrogen (secondary N) is 2. The standard InChI is InChI=1S/C21H19N3O2S2/c1-2-13-5-3-6-14(11-13)22-18(25)9-10-27-12-17-23-20(26)19-15-7-4-8-16(15)28-21(19)24-17/h1,3,5-6,11H,4,7-10,12H2,(H,22,25)(H,23,24,26). The molecule has 1 aliphatic carbocycles. The minimum absolute atomic E-state index is 0.0360. The molecule has 1 aliphatic rings. The fourth-order valence-corrected chi connectivity index (χ4v) is 5.44. The molecular weight excluding hydrogens is 390 g/mol. The van der Waals surface area contributed by atoms with E-state index in [1.807, 2.05) is 18.2 Å². The zero-order chi connectivity index (χ0) is 19.5. The molecule has 2 aromatic heterocycles. The van der Waals surface area contributed by atoms with E-state index < -0.39 is 0 Å². The highest BCUT2D eigenvalue weighted by Crippen LogP contribution is 2.34. The van der Waals surface area contributed by atoms with Crippen LogP contribution >= 0.6 is 23.1 Å². The number of thioether (sulfide) groups is 1. The summed E-state index contributed by atoms with van der Waals surface area (Å²) in [7, 11) is 0.